The van der Waals surface area contributed by atoms with E-state index in [-0.39, 0.29) is 0 Å². The van der Waals surface area contributed by atoms with Gasteiger partial charge in [0.15, 0.2) is 0 Å². The van der Waals surface area contributed by atoms with Gasteiger partial charge in [0.1, 0.15) is 0 Å². The highest BCUT2D eigenvalue weighted by Crippen LogP contribution is 2.05. The summed E-state index contributed by atoms with van der Waals surface area (Å²) < 4.78 is 4.43. The van der Waals surface area contributed by atoms with Crippen LogP contribution in [-0.2, 0) is 9.53 Å². The normalized spacial score (nSPS) is 10.2. The van der Waals surface area contributed by atoms with E-state index in [1.807, 2.05) is 0 Å². The van der Waals surface area contributed by atoms with Crippen LogP contribution in [0.25, 0.3) is 6.08 Å². The van der Waals surface area contributed by atoms with Crippen molar-refractivity contribution < 1.29 is 14.3 Å². The van der Waals surface area contributed by atoms with Crippen LogP contribution < -0.4 is 5.73 Å². The highest BCUT2D eigenvalue weighted by molar-refractivity contribution is 5.93. The molecular weight excluding hydrogens is 194 g/mol. The topological polar surface area (TPSA) is 69.4 Å². The average molecular weight is 205 g/mol. The fraction of sp³-hybridized carbons (Fsp3) is 0.0909. The Balaban J connectivity index is 2.77. The smallest absolute Gasteiger partial charge is 0.330 e. The Morgan fingerprint density at radius 1 is 1.27 bits per heavy atom. The second-order valence-electron chi connectivity index (χ2n) is 2.84. The number of hydrogen-bond acceptors (Lipinski definition) is 3. The van der Waals surface area contributed by atoms with Crippen LogP contribution in [0.5, 0.6) is 0 Å². The van der Waals surface area contributed by atoms with Crippen molar-refractivity contribution in [2.75, 3.05) is 7.11 Å². The number of rotatable bonds is 3. The lowest BCUT2D eigenvalue weighted by atomic mass is 10.1. The molecule has 1 rings (SSSR count). The Morgan fingerprint density at radius 2 is 1.87 bits per heavy atom. The van der Waals surface area contributed by atoms with E-state index in [0.29, 0.717) is 5.56 Å². The molecule has 1 amide bonds. The molecule has 2 N–H and O–H groups in total. The summed E-state index contributed by atoms with van der Waals surface area (Å²) in [5.74, 6) is -0.896. The molecule has 0 unspecified atom stereocenters. The zero-order valence-electron chi connectivity index (χ0n) is 8.27. The molecule has 0 spiro atoms. The molecule has 15 heavy (non-hydrogen) atoms. The van der Waals surface area contributed by atoms with Crippen LogP contribution in [0, 0.1) is 0 Å². The van der Waals surface area contributed by atoms with Gasteiger partial charge in [-0.3, -0.25) is 4.79 Å². The highest BCUT2D eigenvalue weighted by atomic mass is 16.5. The van der Waals surface area contributed by atoms with Gasteiger partial charge in [-0.05, 0) is 23.8 Å². The number of carbonyl (C=O) groups excluding carboxylic acids is 2. The third-order valence-electron chi connectivity index (χ3n) is 1.81. The summed E-state index contributed by atoms with van der Waals surface area (Å²) in [6.07, 6.45) is 2.90. The van der Waals surface area contributed by atoms with Crippen molar-refractivity contribution in [1.82, 2.24) is 0 Å². The maximum absolute atomic E-state index is 10.8. The first kappa shape index (κ1) is 11.0. The van der Waals surface area contributed by atoms with Crippen LogP contribution in [-0.4, -0.2) is 19.0 Å². The second kappa shape index (κ2) is 4.95. The van der Waals surface area contributed by atoms with Gasteiger partial charge in [0, 0.05) is 11.6 Å². The molecule has 0 fully saturated rings. The fourth-order valence-corrected chi connectivity index (χ4v) is 0.991. The predicted octanol–water partition coefficient (Wildman–Crippen LogP) is 0.972. The van der Waals surface area contributed by atoms with Gasteiger partial charge in [-0.15, -0.1) is 0 Å². The van der Waals surface area contributed by atoms with E-state index in [2.05, 4.69) is 4.74 Å². The molecule has 0 aromatic heterocycles. The minimum absolute atomic E-state index is 0.422. The van der Waals surface area contributed by atoms with Crippen LogP contribution >= 0.6 is 0 Å². The molecule has 1 aromatic rings. The summed E-state index contributed by atoms with van der Waals surface area (Å²) in [5.41, 5.74) is 6.31. The molecule has 0 aliphatic rings. The van der Waals surface area contributed by atoms with Gasteiger partial charge in [0.2, 0.25) is 5.91 Å². The number of nitrogens with two attached hydrogens (primary N) is 1. The van der Waals surface area contributed by atoms with Crippen molar-refractivity contribution in [3.63, 3.8) is 0 Å². The fourth-order valence-electron chi connectivity index (χ4n) is 0.991. The molecule has 1 aromatic carbocycles. The quantitative estimate of drug-likeness (QED) is 0.590. The molecule has 0 radical (unpaired) electrons. The van der Waals surface area contributed by atoms with Gasteiger partial charge in [0.25, 0.3) is 0 Å². The minimum Gasteiger partial charge on any atom is -0.466 e. The van der Waals surface area contributed by atoms with E-state index in [1.54, 1.807) is 30.3 Å². The van der Waals surface area contributed by atoms with Crippen LogP contribution in [0.3, 0.4) is 0 Å². The second-order valence-corrected chi connectivity index (χ2v) is 2.84. The van der Waals surface area contributed by atoms with Crippen molar-refractivity contribution in [1.29, 1.82) is 0 Å². The number of carbonyl (C=O) groups is 2. The third-order valence-corrected chi connectivity index (χ3v) is 1.81. The monoisotopic (exact) mass is 205 g/mol. The lowest BCUT2D eigenvalue weighted by molar-refractivity contribution is -0.134. The molecule has 0 aliphatic heterocycles. The Morgan fingerprint density at radius 3 is 2.33 bits per heavy atom. The van der Waals surface area contributed by atoms with Crippen molar-refractivity contribution in [3.8, 4) is 0 Å². The summed E-state index contributed by atoms with van der Waals surface area (Å²) in [6, 6.07) is 6.58. The van der Waals surface area contributed by atoms with E-state index in [0.717, 1.165) is 5.56 Å². The SMILES string of the molecule is COC(=O)/C=C/c1ccc(C(N)=O)cc1. The zero-order valence-corrected chi connectivity index (χ0v) is 8.27. The number of amides is 1. The number of esters is 1. The summed E-state index contributed by atoms with van der Waals surface area (Å²) >= 11 is 0. The molecule has 0 heterocycles. The predicted molar refractivity (Wildman–Crippen MR) is 56.0 cm³/mol. The molecule has 0 atom stereocenters. The lowest BCUT2D eigenvalue weighted by Crippen LogP contribution is -2.10. The largest absolute Gasteiger partial charge is 0.466 e. The number of benzene rings is 1. The third kappa shape index (κ3) is 3.27. The minimum atomic E-state index is -0.474. The van der Waals surface area contributed by atoms with E-state index in [4.69, 9.17) is 5.73 Å². The first-order valence-corrected chi connectivity index (χ1v) is 4.29. The molecule has 0 bridgehead atoms. The summed E-state index contributed by atoms with van der Waals surface area (Å²) in [5, 5.41) is 0. The van der Waals surface area contributed by atoms with Crippen LogP contribution in [0.4, 0.5) is 0 Å². The maximum Gasteiger partial charge on any atom is 0.330 e. The van der Waals surface area contributed by atoms with Gasteiger partial charge >= 0.3 is 5.97 Å². The Kier molecular flexibility index (Phi) is 3.62. The molecule has 4 nitrogen and oxygen atoms in total. The molecule has 4 heteroatoms. The summed E-state index contributed by atoms with van der Waals surface area (Å²) in [7, 11) is 1.31. The van der Waals surface area contributed by atoms with Crippen LogP contribution in [0.1, 0.15) is 15.9 Å². The maximum atomic E-state index is 10.8. The highest BCUT2D eigenvalue weighted by Gasteiger charge is 1.98. The van der Waals surface area contributed by atoms with Crippen molar-refractivity contribution >= 4 is 18.0 Å². The van der Waals surface area contributed by atoms with Crippen molar-refractivity contribution in [2.45, 2.75) is 0 Å². The average Bonchev–Trinajstić information content (AvgIpc) is 2.26. The van der Waals surface area contributed by atoms with Gasteiger partial charge < -0.3 is 10.5 Å². The van der Waals surface area contributed by atoms with Gasteiger partial charge in [-0.1, -0.05) is 12.1 Å². The van der Waals surface area contributed by atoms with Gasteiger partial charge in [-0.25, -0.2) is 4.79 Å². The molecule has 0 aliphatic carbocycles. The summed E-state index contributed by atoms with van der Waals surface area (Å²) in [4.78, 5) is 21.5. The molecule has 0 saturated carbocycles. The standard InChI is InChI=1S/C11H11NO3/c1-15-10(13)7-4-8-2-5-9(6-3-8)11(12)14/h2-7H,1H3,(H2,12,14)/b7-4+. The number of ether oxygens (including phenoxy) is 1. The lowest BCUT2D eigenvalue weighted by Gasteiger charge is -1.96. The van der Waals surface area contributed by atoms with E-state index >= 15 is 0 Å². The molecular formula is C11H11NO3. The van der Waals surface area contributed by atoms with E-state index in [1.165, 1.54) is 13.2 Å². The van der Waals surface area contributed by atoms with Gasteiger partial charge in [-0.2, -0.15) is 0 Å². The number of methoxy groups -OCH3 is 1. The first-order chi connectivity index (χ1) is 7.13. The Labute approximate surface area is 87.3 Å². The van der Waals surface area contributed by atoms with Crippen molar-refractivity contribution in [3.05, 3.63) is 41.5 Å². The van der Waals surface area contributed by atoms with Gasteiger partial charge in [0.05, 0.1) is 7.11 Å². The Bertz CT molecular complexity index is 393. The Hall–Kier alpha value is -2.10. The van der Waals surface area contributed by atoms with E-state index < -0.39 is 11.9 Å². The molecule has 0 saturated heterocycles. The first-order valence-electron chi connectivity index (χ1n) is 4.29. The number of hydrogen-bond donors (Lipinski definition) is 1. The molecule has 78 valence electrons. The number of primary amides is 1. The summed E-state index contributed by atoms with van der Waals surface area (Å²) in [6.45, 7) is 0. The van der Waals surface area contributed by atoms with Crippen LogP contribution in [0.2, 0.25) is 0 Å². The zero-order chi connectivity index (χ0) is 11.3. The van der Waals surface area contributed by atoms with E-state index in [9.17, 15) is 9.59 Å². The van der Waals surface area contributed by atoms with Crippen molar-refractivity contribution in [2.24, 2.45) is 5.73 Å². The van der Waals surface area contributed by atoms with Crippen LogP contribution in [0.15, 0.2) is 30.3 Å².